The standard InChI is InChI=1S/C16H16N2O4S/c1-2-21-15(20)11-6-7-12-14(11)18-16(23-12)17-13(19)8-5-10-4-3-9-22-10/h3-5,8-9,11H,2,6-7H2,1H3,(H,17,18,19)/b8-5+/t11-/m0/s1. The van der Waals surface area contributed by atoms with E-state index in [-0.39, 0.29) is 17.8 Å². The zero-order chi connectivity index (χ0) is 16.2. The smallest absolute Gasteiger partial charge is 0.315 e. The second-order valence-corrected chi connectivity index (χ2v) is 6.09. The number of amides is 1. The van der Waals surface area contributed by atoms with Gasteiger partial charge in [-0.15, -0.1) is 11.3 Å². The van der Waals surface area contributed by atoms with Crippen LogP contribution >= 0.6 is 11.3 Å². The van der Waals surface area contributed by atoms with Crippen LogP contribution in [0.1, 0.15) is 35.6 Å². The van der Waals surface area contributed by atoms with Gasteiger partial charge in [-0.25, -0.2) is 4.98 Å². The lowest BCUT2D eigenvalue weighted by molar-refractivity contribution is -0.145. The molecule has 6 nitrogen and oxygen atoms in total. The van der Waals surface area contributed by atoms with Crippen LogP contribution in [-0.4, -0.2) is 23.5 Å². The van der Waals surface area contributed by atoms with Crippen molar-refractivity contribution in [3.63, 3.8) is 0 Å². The second kappa shape index (κ2) is 6.78. The van der Waals surface area contributed by atoms with E-state index < -0.39 is 0 Å². The minimum Gasteiger partial charge on any atom is -0.465 e. The first kappa shape index (κ1) is 15.5. The number of carbonyl (C=O) groups is 2. The number of fused-ring (bicyclic) bond motifs is 1. The summed E-state index contributed by atoms with van der Waals surface area (Å²) >= 11 is 1.40. The summed E-state index contributed by atoms with van der Waals surface area (Å²) in [4.78, 5) is 29.2. The first-order chi connectivity index (χ1) is 11.2. The number of anilines is 1. The molecule has 1 amide bonds. The Morgan fingerprint density at radius 3 is 3.17 bits per heavy atom. The summed E-state index contributed by atoms with van der Waals surface area (Å²) in [6, 6.07) is 3.50. The van der Waals surface area contributed by atoms with Crippen molar-refractivity contribution in [3.05, 3.63) is 40.8 Å². The molecule has 1 N–H and O–H groups in total. The summed E-state index contributed by atoms with van der Waals surface area (Å²) < 4.78 is 10.2. The van der Waals surface area contributed by atoms with Gasteiger partial charge in [-0.1, -0.05) is 0 Å². The molecule has 23 heavy (non-hydrogen) atoms. The maximum Gasteiger partial charge on any atom is 0.315 e. The van der Waals surface area contributed by atoms with E-state index in [1.807, 2.05) is 0 Å². The molecule has 2 heterocycles. The Hall–Kier alpha value is -2.41. The Bertz CT molecular complexity index is 733. The number of ether oxygens (including phenoxy) is 1. The lowest BCUT2D eigenvalue weighted by Gasteiger charge is -2.07. The highest BCUT2D eigenvalue weighted by Gasteiger charge is 2.33. The summed E-state index contributed by atoms with van der Waals surface area (Å²) in [5.41, 5.74) is 0.735. The number of aromatic nitrogens is 1. The van der Waals surface area contributed by atoms with E-state index in [0.29, 0.717) is 17.5 Å². The third-order valence-electron chi connectivity index (χ3n) is 3.46. The summed E-state index contributed by atoms with van der Waals surface area (Å²) in [7, 11) is 0. The fourth-order valence-corrected chi connectivity index (χ4v) is 3.49. The molecule has 1 aliphatic carbocycles. The Balaban J connectivity index is 1.65. The Morgan fingerprint density at radius 2 is 2.43 bits per heavy atom. The number of esters is 1. The van der Waals surface area contributed by atoms with Gasteiger partial charge in [0, 0.05) is 11.0 Å². The van der Waals surface area contributed by atoms with Crippen LogP contribution in [0.4, 0.5) is 5.13 Å². The second-order valence-electron chi connectivity index (χ2n) is 5.01. The van der Waals surface area contributed by atoms with E-state index in [1.54, 1.807) is 31.4 Å². The van der Waals surface area contributed by atoms with E-state index >= 15 is 0 Å². The molecule has 2 aromatic heterocycles. The number of nitrogens with zero attached hydrogens (tertiary/aromatic N) is 1. The molecule has 0 saturated heterocycles. The average molecular weight is 332 g/mol. The maximum atomic E-state index is 11.9. The van der Waals surface area contributed by atoms with Crippen LogP contribution in [0.15, 0.2) is 28.9 Å². The van der Waals surface area contributed by atoms with Crippen molar-refractivity contribution in [2.45, 2.75) is 25.7 Å². The predicted molar refractivity (Wildman–Crippen MR) is 86.2 cm³/mol. The molecule has 0 aromatic carbocycles. The van der Waals surface area contributed by atoms with Crippen LogP contribution in [0.3, 0.4) is 0 Å². The SMILES string of the molecule is CCOC(=O)[C@H]1CCc2sc(NC(=O)/C=C/c3ccco3)nc21. The highest BCUT2D eigenvalue weighted by Crippen LogP contribution is 2.38. The van der Waals surface area contributed by atoms with E-state index in [0.717, 1.165) is 23.4 Å². The largest absolute Gasteiger partial charge is 0.465 e. The molecule has 0 spiro atoms. The van der Waals surface area contributed by atoms with Crippen LogP contribution in [0.5, 0.6) is 0 Å². The van der Waals surface area contributed by atoms with Crippen LogP contribution < -0.4 is 5.32 Å². The number of thiazole rings is 1. The van der Waals surface area contributed by atoms with Crippen molar-refractivity contribution in [2.75, 3.05) is 11.9 Å². The minimum atomic E-state index is -0.314. The molecule has 3 rings (SSSR count). The number of furan rings is 1. The van der Waals surface area contributed by atoms with Gasteiger partial charge in [-0.2, -0.15) is 0 Å². The van der Waals surface area contributed by atoms with Crippen molar-refractivity contribution < 1.29 is 18.7 Å². The first-order valence-electron chi connectivity index (χ1n) is 7.36. The molecule has 0 unspecified atom stereocenters. The summed E-state index contributed by atoms with van der Waals surface area (Å²) in [5.74, 6) is -0.247. The third-order valence-corrected chi connectivity index (χ3v) is 4.51. The first-order valence-corrected chi connectivity index (χ1v) is 8.18. The molecule has 0 fully saturated rings. The monoisotopic (exact) mass is 332 g/mol. The molecule has 7 heteroatoms. The van der Waals surface area contributed by atoms with Gasteiger partial charge < -0.3 is 9.15 Å². The van der Waals surface area contributed by atoms with Crippen LogP contribution in [-0.2, 0) is 20.7 Å². The molecule has 0 bridgehead atoms. The fraction of sp³-hybridized carbons (Fsp3) is 0.312. The Morgan fingerprint density at radius 1 is 1.57 bits per heavy atom. The van der Waals surface area contributed by atoms with E-state index in [2.05, 4.69) is 10.3 Å². The minimum absolute atomic E-state index is 0.243. The molecule has 2 aromatic rings. The molecule has 0 saturated carbocycles. The molecule has 1 atom stereocenters. The van der Waals surface area contributed by atoms with Crippen molar-refractivity contribution in [1.29, 1.82) is 0 Å². The highest BCUT2D eigenvalue weighted by molar-refractivity contribution is 7.16. The normalized spacial score (nSPS) is 16.5. The zero-order valence-corrected chi connectivity index (χ0v) is 13.4. The van der Waals surface area contributed by atoms with E-state index in [1.165, 1.54) is 17.4 Å². The summed E-state index contributed by atoms with van der Waals surface area (Å²) in [6.45, 7) is 2.14. The molecular formula is C16H16N2O4S. The number of carbonyl (C=O) groups excluding carboxylic acids is 2. The Kier molecular flexibility index (Phi) is 4.57. The van der Waals surface area contributed by atoms with Crippen LogP contribution in [0, 0.1) is 0 Å². The van der Waals surface area contributed by atoms with Gasteiger partial charge in [0.1, 0.15) is 11.7 Å². The quantitative estimate of drug-likeness (QED) is 0.672. The molecule has 120 valence electrons. The van der Waals surface area contributed by atoms with Crippen molar-refractivity contribution in [2.24, 2.45) is 0 Å². The molecule has 1 aliphatic rings. The highest BCUT2D eigenvalue weighted by atomic mass is 32.1. The van der Waals surface area contributed by atoms with Gasteiger partial charge in [0.25, 0.3) is 0 Å². The van der Waals surface area contributed by atoms with Gasteiger partial charge in [0.05, 0.1) is 18.6 Å². The zero-order valence-electron chi connectivity index (χ0n) is 12.6. The molecular weight excluding hydrogens is 316 g/mol. The lowest BCUT2D eigenvalue weighted by Crippen LogP contribution is -2.14. The lowest BCUT2D eigenvalue weighted by atomic mass is 10.1. The van der Waals surface area contributed by atoms with Crippen molar-refractivity contribution in [1.82, 2.24) is 4.98 Å². The third kappa shape index (κ3) is 3.50. The van der Waals surface area contributed by atoms with Crippen LogP contribution in [0.25, 0.3) is 6.08 Å². The number of hydrogen-bond acceptors (Lipinski definition) is 6. The van der Waals surface area contributed by atoms with Crippen LogP contribution in [0.2, 0.25) is 0 Å². The number of aryl methyl sites for hydroxylation is 1. The van der Waals surface area contributed by atoms with Gasteiger partial charge >= 0.3 is 5.97 Å². The van der Waals surface area contributed by atoms with E-state index in [4.69, 9.17) is 9.15 Å². The number of rotatable bonds is 5. The summed E-state index contributed by atoms with van der Waals surface area (Å²) in [6.07, 6.45) is 6.01. The number of nitrogens with one attached hydrogen (secondary N) is 1. The number of hydrogen-bond donors (Lipinski definition) is 1. The van der Waals surface area contributed by atoms with Gasteiger partial charge in [-0.3, -0.25) is 14.9 Å². The van der Waals surface area contributed by atoms with Crippen molar-refractivity contribution in [3.8, 4) is 0 Å². The molecule has 0 aliphatic heterocycles. The Labute approximate surface area is 137 Å². The molecule has 0 radical (unpaired) electrons. The van der Waals surface area contributed by atoms with E-state index in [9.17, 15) is 9.59 Å². The van der Waals surface area contributed by atoms with Gasteiger partial charge in [0.2, 0.25) is 5.91 Å². The fourth-order valence-electron chi connectivity index (χ4n) is 2.44. The maximum absolute atomic E-state index is 11.9. The predicted octanol–water partition coefficient (Wildman–Crippen LogP) is 2.98. The topological polar surface area (TPSA) is 81.4 Å². The average Bonchev–Trinajstić information content (AvgIpc) is 3.21. The van der Waals surface area contributed by atoms with Gasteiger partial charge in [-0.05, 0) is 38.0 Å². The van der Waals surface area contributed by atoms with Crippen molar-refractivity contribution >= 4 is 34.4 Å². The summed E-state index contributed by atoms with van der Waals surface area (Å²) in [5, 5.41) is 3.21. The van der Waals surface area contributed by atoms with Gasteiger partial charge in [0.15, 0.2) is 5.13 Å².